The van der Waals surface area contributed by atoms with Gasteiger partial charge in [0.15, 0.2) is 0 Å². The van der Waals surface area contributed by atoms with Crippen molar-refractivity contribution in [2.24, 2.45) is 5.92 Å². The standard InChI is InChI=1S/C15H21NO3/c1-11-2-4-13(5-3-11)14(6-7-17)16-9-12(10-18)8-15(16)19/h2-5,12,14,17-18H,6-10H2,1H3. The predicted molar refractivity (Wildman–Crippen MR) is 72.5 cm³/mol. The maximum Gasteiger partial charge on any atom is 0.223 e. The summed E-state index contributed by atoms with van der Waals surface area (Å²) >= 11 is 0. The molecule has 2 unspecified atom stereocenters. The molecular weight excluding hydrogens is 242 g/mol. The number of rotatable bonds is 5. The van der Waals surface area contributed by atoms with Crippen LogP contribution in [0.3, 0.4) is 0 Å². The molecular formula is C15H21NO3. The Bertz CT molecular complexity index is 430. The van der Waals surface area contributed by atoms with Crippen LogP contribution in [0.5, 0.6) is 0 Å². The molecule has 0 aromatic heterocycles. The van der Waals surface area contributed by atoms with Crippen molar-refractivity contribution in [1.29, 1.82) is 0 Å². The fourth-order valence-electron chi connectivity index (χ4n) is 2.65. The Morgan fingerprint density at radius 3 is 2.53 bits per heavy atom. The lowest BCUT2D eigenvalue weighted by Crippen LogP contribution is -2.31. The molecule has 4 heteroatoms. The van der Waals surface area contributed by atoms with E-state index in [1.165, 1.54) is 5.56 Å². The largest absolute Gasteiger partial charge is 0.396 e. The average Bonchev–Trinajstić information content (AvgIpc) is 2.78. The van der Waals surface area contributed by atoms with Crippen LogP contribution in [0, 0.1) is 12.8 Å². The van der Waals surface area contributed by atoms with Crippen molar-refractivity contribution in [3.63, 3.8) is 0 Å². The minimum Gasteiger partial charge on any atom is -0.396 e. The first kappa shape index (κ1) is 14.0. The van der Waals surface area contributed by atoms with Crippen LogP contribution in [-0.2, 0) is 4.79 Å². The third-order valence-corrected chi connectivity index (χ3v) is 3.74. The molecule has 2 atom stereocenters. The fraction of sp³-hybridized carbons (Fsp3) is 0.533. The number of hydrogen-bond acceptors (Lipinski definition) is 3. The average molecular weight is 263 g/mol. The summed E-state index contributed by atoms with van der Waals surface area (Å²) in [6.07, 6.45) is 0.942. The van der Waals surface area contributed by atoms with Crippen molar-refractivity contribution in [3.05, 3.63) is 35.4 Å². The maximum atomic E-state index is 12.0. The number of hydrogen-bond donors (Lipinski definition) is 2. The van der Waals surface area contributed by atoms with Gasteiger partial charge in [0.1, 0.15) is 0 Å². The second-order valence-electron chi connectivity index (χ2n) is 5.24. The van der Waals surface area contributed by atoms with Crippen molar-refractivity contribution in [3.8, 4) is 0 Å². The number of aryl methyl sites for hydroxylation is 1. The molecule has 1 aromatic carbocycles. The number of likely N-dealkylation sites (tertiary alicyclic amines) is 1. The summed E-state index contributed by atoms with van der Waals surface area (Å²) < 4.78 is 0. The second kappa shape index (κ2) is 6.17. The van der Waals surface area contributed by atoms with Crippen molar-refractivity contribution in [2.75, 3.05) is 19.8 Å². The molecule has 1 aliphatic rings. The molecule has 1 amide bonds. The third-order valence-electron chi connectivity index (χ3n) is 3.74. The zero-order valence-corrected chi connectivity index (χ0v) is 11.2. The highest BCUT2D eigenvalue weighted by Gasteiger charge is 2.34. The Kier molecular flexibility index (Phi) is 4.56. The summed E-state index contributed by atoms with van der Waals surface area (Å²) in [6.45, 7) is 2.69. The van der Waals surface area contributed by atoms with Crippen LogP contribution in [0.4, 0.5) is 0 Å². The first-order valence-electron chi connectivity index (χ1n) is 6.73. The van der Waals surface area contributed by atoms with E-state index in [9.17, 15) is 15.0 Å². The lowest BCUT2D eigenvalue weighted by Gasteiger charge is -2.28. The maximum absolute atomic E-state index is 12.0. The molecule has 0 spiro atoms. The number of aliphatic hydroxyl groups excluding tert-OH is 2. The summed E-state index contributed by atoms with van der Waals surface area (Å²) in [4.78, 5) is 13.8. The van der Waals surface area contributed by atoms with Gasteiger partial charge in [-0.3, -0.25) is 4.79 Å². The molecule has 2 N–H and O–H groups in total. The normalized spacial score (nSPS) is 20.9. The summed E-state index contributed by atoms with van der Waals surface area (Å²) in [5.74, 6) is 0.0946. The number of amides is 1. The molecule has 0 bridgehead atoms. The van der Waals surface area contributed by atoms with Gasteiger partial charge < -0.3 is 15.1 Å². The number of aliphatic hydroxyl groups is 2. The van der Waals surface area contributed by atoms with E-state index < -0.39 is 0 Å². The van der Waals surface area contributed by atoms with Crippen LogP contribution in [0.15, 0.2) is 24.3 Å². The monoisotopic (exact) mass is 263 g/mol. The first-order valence-corrected chi connectivity index (χ1v) is 6.73. The number of carbonyl (C=O) groups is 1. The van der Waals surface area contributed by atoms with Crippen LogP contribution < -0.4 is 0 Å². The van der Waals surface area contributed by atoms with Crippen LogP contribution in [0.1, 0.15) is 30.0 Å². The highest BCUT2D eigenvalue weighted by molar-refractivity contribution is 5.79. The van der Waals surface area contributed by atoms with Crippen LogP contribution >= 0.6 is 0 Å². The Balaban J connectivity index is 2.20. The topological polar surface area (TPSA) is 60.8 Å². The van der Waals surface area contributed by atoms with Gasteiger partial charge >= 0.3 is 0 Å². The lowest BCUT2D eigenvalue weighted by molar-refractivity contribution is -0.130. The molecule has 1 aromatic rings. The van der Waals surface area contributed by atoms with E-state index in [0.29, 0.717) is 19.4 Å². The molecule has 2 rings (SSSR count). The van der Waals surface area contributed by atoms with Gasteiger partial charge in [0, 0.05) is 32.1 Å². The van der Waals surface area contributed by atoms with Gasteiger partial charge in [-0.15, -0.1) is 0 Å². The van der Waals surface area contributed by atoms with Gasteiger partial charge in [-0.1, -0.05) is 29.8 Å². The smallest absolute Gasteiger partial charge is 0.223 e. The minimum atomic E-state index is -0.0883. The molecule has 0 radical (unpaired) electrons. The van der Waals surface area contributed by atoms with E-state index in [0.717, 1.165) is 5.56 Å². The molecule has 1 fully saturated rings. The number of benzene rings is 1. The second-order valence-corrected chi connectivity index (χ2v) is 5.24. The Morgan fingerprint density at radius 1 is 1.32 bits per heavy atom. The van der Waals surface area contributed by atoms with Crippen molar-refractivity contribution < 1.29 is 15.0 Å². The van der Waals surface area contributed by atoms with Gasteiger partial charge in [-0.25, -0.2) is 0 Å². The molecule has 104 valence electrons. The zero-order valence-electron chi connectivity index (χ0n) is 11.2. The van der Waals surface area contributed by atoms with Crippen molar-refractivity contribution in [2.45, 2.75) is 25.8 Å². The quantitative estimate of drug-likeness (QED) is 0.840. The van der Waals surface area contributed by atoms with E-state index in [4.69, 9.17) is 0 Å². The molecule has 1 aliphatic heterocycles. The predicted octanol–water partition coefficient (Wildman–Crippen LogP) is 1.26. The van der Waals surface area contributed by atoms with Gasteiger partial charge in [0.2, 0.25) is 5.91 Å². The summed E-state index contributed by atoms with van der Waals surface area (Å²) in [7, 11) is 0. The minimum absolute atomic E-state index is 0.0270. The van der Waals surface area contributed by atoms with E-state index >= 15 is 0 Å². The van der Waals surface area contributed by atoms with E-state index in [-0.39, 0.29) is 31.1 Å². The Morgan fingerprint density at radius 2 is 2.00 bits per heavy atom. The molecule has 0 aliphatic carbocycles. The zero-order chi connectivity index (χ0) is 13.8. The lowest BCUT2D eigenvalue weighted by atomic mass is 10.0. The number of carbonyl (C=O) groups excluding carboxylic acids is 1. The Hall–Kier alpha value is -1.39. The van der Waals surface area contributed by atoms with Crippen LogP contribution in [0.25, 0.3) is 0 Å². The summed E-state index contributed by atoms with van der Waals surface area (Å²) in [6, 6.07) is 7.97. The summed E-state index contributed by atoms with van der Waals surface area (Å²) in [5.41, 5.74) is 2.22. The van der Waals surface area contributed by atoms with Gasteiger partial charge in [-0.2, -0.15) is 0 Å². The molecule has 1 saturated heterocycles. The summed E-state index contributed by atoms with van der Waals surface area (Å²) in [5, 5.41) is 18.4. The first-order chi connectivity index (χ1) is 9.15. The number of nitrogens with zero attached hydrogens (tertiary/aromatic N) is 1. The highest BCUT2D eigenvalue weighted by atomic mass is 16.3. The van der Waals surface area contributed by atoms with E-state index in [2.05, 4.69) is 0 Å². The molecule has 4 nitrogen and oxygen atoms in total. The van der Waals surface area contributed by atoms with Crippen LogP contribution in [0.2, 0.25) is 0 Å². The van der Waals surface area contributed by atoms with Crippen molar-refractivity contribution >= 4 is 5.91 Å². The molecule has 1 heterocycles. The molecule has 0 saturated carbocycles. The van der Waals surface area contributed by atoms with E-state index in [1.54, 1.807) is 4.90 Å². The molecule has 19 heavy (non-hydrogen) atoms. The highest BCUT2D eigenvalue weighted by Crippen LogP contribution is 2.31. The van der Waals surface area contributed by atoms with E-state index in [1.807, 2.05) is 31.2 Å². The SMILES string of the molecule is Cc1ccc(C(CCO)N2CC(CO)CC2=O)cc1. The van der Waals surface area contributed by atoms with Gasteiger partial charge in [0.25, 0.3) is 0 Å². The van der Waals surface area contributed by atoms with Gasteiger partial charge in [0.05, 0.1) is 6.04 Å². The van der Waals surface area contributed by atoms with Crippen molar-refractivity contribution in [1.82, 2.24) is 4.90 Å². The van der Waals surface area contributed by atoms with Crippen LogP contribution in [-0.4, -0.2) is 40.8 Å². The van der Waals surface area contributed by atoms with Gasteiger partial charge in [-0.05, 0) is 18.9 Å². The third kappa shape index (κ3) is 3.14. The Labute approximate surface area is 113 Å². The fourth-order valence-corrected chi connectivity index (χ4v) is 2.65.